The Morgan fingerprint density at radius 2 is 1.65 bits per heavy atom. The summed E-state index contributed by atoms with van der Waals surface area (Å²) in [7, 11) is 0. The molecule has 0 radical (unpaired) electrons. The average Bonchev–Trinajstić information content (AvgIpc) is 3.01. The van der Waals surface area contributed by atoms with Gasteiger partial charge in [0.1, 0.15) is 18.1 Å². The van der Waals surface area contributed by atoms with Crippen molar-refractivity contribution in [1.29, 1.82) is 0 Å². The summed E-state index contributed by atoms with van der Waals surface area (Å²) in [6.07, 6.45) is 2.82. The largest absolute Gasteiger partial charge is 0.493 e. The van der Waals surface area contributed by atoms with Crippen LogP contribution in [0.4, 0.5) is 0 Å². The Hall–Kier alpha value is -3.41. The van der Waals surface area contributed by atoms with Gasteiger partial charge in [-0.05, 0) is 23.4 Å². The van der Waals surface area contributed by atoms with Crippen molar-refractivity contribution in [3.63, 3.8) is 0 Å². The molecule has 0 atom stereocenters. The van der Waals surface area contributed by atoms with Crippen LogP contribution < -0.4 is 16.1 Å². The number of ketones is 2. The number of hydrogen-bond acceptors (Lipinski definition) is 6. The molecule has 0 unspecified atom stereocenters. The first kappa shape index (κ1) is 13.8. The molecule has 26 heavy (non-hydrogen) atoms. The highest BCUT2D eigenvalue weighted by atomic mass is 16.5. The molecular weight excluding hydrogens is 336 g/mol. The van der Waals surface area contributed by atoms with Crippen molar-refractivity contribution in [2.75, 3.05) is 6.61 Å². The van der Waals surface area contributed by atoms with Gasteiger partial charge in [0.25, 0.3) is 0 Å². The molecule has 0 N–H and O–H groups in total. The number of carbonyl (C=O) groups excluding carboxylic acids is 2. The monoisotopic (exact) mass is 346 g/mol. The first-order valence-corrected chi connectivity index (χ1v) is 8.31. The first-order chi connectivity index (χ1) is 12.6. The van der Waals surface area contributed by atoms with E-state index in [-0.39, 0.29) is 34.2 Å². The molecule has 6 heteroatoms. The lowest BCUT2D eigenvalue weighted by molar-refractivity contribution is 0.0973. The third-order valence-electron chi connectivity index (χ3n) is 5.24. The smallest absolute Gasteiger partial charge is 0.340 e. The van der Waals surface area contributed by atoms with Gasteiger partial charge in [-0.1, -0.05) is 0 Å². The van der Waals surface area contributed by atoms with Gasteiger partial charge in [0.15, 0.2) is 23.1 Å². The van der Waals surface area contributed by atoms with Gasteiger partial charge >= 0.3 is 5.63 Å². The third-order valence-corrected chi connectivity index (χ3v) is 5.24. The number of benzene rings is 1. The number of ether oxygens (including phenoxy) is 1. The molecule has 7 aliphatic rings. The van der Waals surface area contributed by atoms with Crippen molar-refractivity contribution in [2.45, 2.75) is 12.8 Å². The number of rotatable bonds is 0. The first-order valence-electron chi connectivity index (χ1n) is 8.31. The van der Waals surface area contributed by atoms with Crippen LogP contribution >= 0.6 is 0 Å². The summed E-state index contributed by atoms with van der Waals surface area (Å²) < 4.78 is 16.7. The van der Waals surface area contributed by atoms with E-state index >= 15 is 0 Å². The molecule has 8 rings (SSSR count). The second kappa shape index (κ2) is 4.40. The van der Waals surface area contributed by atoms with E-state index in [2.05, 4.69) is 0 Å². The molecule has 1 aromatic carbocycles. The summed E-state index contributed by atoms with van der Waals surface area (Å²) >= 11 is 0. The van der Waals surface area contributed by atoms with Gasteiger partial charge in [-0.15, -0.1) is 0 Å². The van der Waals surface area contributed by atoms with Crippen molar-refractivity contribution < 1.29 is 23.2 Å². The number of aryl methyl sites for hydroxylation is 1. The second-order valence-corrected chi connectivity index (χ2v) is 6.62. The van der Waals surface area contributed by atoms with Gasteiger partial charge in [-0.25, -0.2) is 4.79 Å². The molecule has 1 aromatic rings. The van der Waals surface area contributed by atoms with E-state index in [1.165, 1.54) is 6.07 Å². The highest BCUT2D eigenvalue weighted by Crippen LogP contribution is 2.38. The van der Waals surface area contributed by atoms with Crippen molar-refractivity contribution in [3.8, 4) is 11.5 Å². The number of carbonyl (C=O) groups is 2. The molecule has 0 aromatic heterocycles. The summed E-state index contributed by atoms with van der Waals surface area (Å²) in [5, 5.41) is 1.72. The topological polar surface area (TPSA) is 86.7 Å². The van der Waals surface area contributed by atoms with Crippen molar-refractivity contribution >= 4 is 23.4 Å². The van der Waals surface area contributed by atoms with Gasteiger partial charge in [-0.3, -0.25) is 9.59 Å². The summed E-state index contributed by atoms with van der Waals surface area (Å²) in [5.41, 5.74) is 0.380. The van der Waals surface area contributed by atoms with Gasteiger partial charge < -0.3 is 13.6 Å². The van der Waals surface area contributed by atoms with Crippen molar-refractivity contribution in [1.82, 2.24) is 0 Å². The predicted octanol–water partition coefficient (Wildman–Crippen LogP) is 0.978. The van der Waals surface area contributed by atoms with E-state index in [1.54, 1.807) is 12.1 Å². The Kier molecular flexibility index (Phi) is 2.34. The van der Waals surface area contributed by atoms with Crippen LogP contribution in [0.3, 0.4) is 0 Å². The Labute approximate surface area is 145 Å². The van der Waals surface area contributed by atoms with E-state index in [0.717, 1.165) is 16.2 Å². The summed E-state index contributed by atoms with van der Waals surface area (Å²) in [4.78, 5) is 38.1. The zero-order chi connectivity index (χ0) is 17.6. The fourth-order valence-electron chi connectivity index (χ4n) is 4.09. The van der Waals surface area contributed by atoms with E-state index in [1.807, 2.05) is 6.08 Å². The van der Waals surface area contributed by atoms with E-state index in [9.17, 15) is 14.4 Å². The lowest BCUT2D eigenvalue weighted by Crippen LogP contribution is -2.37. The molecule has 3 aliphatic heterocycles. The maximum atomic E-state index is 13.2. The molecular formula is C20H10O6. The molecule has 0 saturated heterocycles. The number of fused-ring (bicyclic) bond motifs is 1. The molecule has 0 saturated carbocycles. The van der Waals surface area contributed by atoms with E-state index in [4.69, 9.17) is 13.6 Å². The van der Waals surface area contributed by atoms with Gasteiger partial charge in [0.2, 0.25) is 0 Å². The Balaban J connectivity index is 1.85. The number of hydrogen-bond donors (Lipinski definition) is 0. The fourth-order valence-corrected chi connectivity index (χ4v) is 4.09. The highest BCUT2D eigenvalue weighted by Gasteiger charge is 2.39. The number of furan rings is 1. The minimum absolute atomic E-state index is 0.0445. The highest BCUT2D eigenvalue weighted by molar-refractivity contribution is 6.30. The van der Waals surface area contributed by atoms with Crippen LogP contribution in [0.1, 0.15) is 44.0 Å². The average molecular weight is 346 g/mol. The molecule has 4 aliphatic carbocycles. The summed E-state index contributed by atoms with van der Waals surface area (Å²) in [6.45, 7) is 0.429. The van der Waals surface area contributed by atoms with Crippen LogP contribution in [0, 0.1) is 0 Å². The molecule has 0 amide bonds. The van der Waals surface area contributed by atoms with E-state index in [0.29, 0.717) is 36.3 Å². The molecule has 6 nitrogen and oxygen atoms in total. The second-order valence-electron chi connectivity index (χ2n) is 6.62. The fraction of sp³-hybridized carbons (Fsp3) is 0.150. The standard InChI is InChI=1S/C20H10O6/c21-15-7-14-20(26-15)17-16-13(25-14)2-1-12-9-6-11(19(17)23)10(18(16)22)5-8(9)3-4-24-12/h3,5-7H,1-2,4H2. The van der Waals surface area contributed by atoms with Crippen LogP contribution in [0.5, 0.6) is 0 Å². The molecule has 0 fully saturated rings. The van der Waals surface area contributed by atoms with Crippen LogP contribution in [0.15, 0.2) is 31.8 Å². The molecule has 3 heterocycles. The lowest BCUT2D eigenvalue weighted by Gasteiger charge is -2.24. The summed E-state index contributed by atoms with van der Waals surface area (Å²) in [6, 6.07) is 4.67. The zero-order valence-corrected chi connectivity index (χ0v) is 13.4. The van der Waals surface area contributed by atoms with Crippen LogP contribution in [0.2, 0.25) is 0 Å². The van der Waals surface area contributed by atoms with Gasteiger partial charge in [-0.2, -0.15) is 0 Å². The van der Waals surface area contributed by atoms with Crippen LogP contribution in [0.25, 0.3) is 23.4 Å². The normalized spacial score (nSPS) is 16.8. The predicted molar refractivity (Wildman–Crippen MR) is 88.6 cm³/mol. The molecule has 8 bridgehead atoms. The maximum absolute atomic E-state index is 13.2. The van der Waals surface area contributed by atoms with Crippen LogP contribution in [-0.4, -0.2) is 18.2 Å². The summed E-state index contributed by atoms with van der Waals surface area (Å²) in [5.74, 6) is 0.786. The van der Waals surface area contributed by atoms with Crippen molar-refractivity contribution in [3.05, 3.63) is 67.1 Å². The maximum Gasteiger partial charge on any atom is 0.340 e. The quantitative estimate of drug-likeness (QED) is 0.472. The Morgan fingerprint density at radius 1 is 0.846 bits per heavy atom. The minimum Gasteiger partial charge on any atom is -0.493 e. The SMILES string of the molecule is O=C1c2cc3c4cc2C(=O)c2c5oc(=O)cc-5oc(c21)CCC=4OCC=3. The molecule has 126 valence electrons. The lowest BCUT2D eigenvalue weighted by atomic mass is 9.80. The van der Waals surface area contributed by atoms with Crippen molar-refractivity contribution in [2.24, 2.45) is 0 Å². The Bertz CT molecular complexity index is 1330. The van der Waals surface area contributed by atoms with Gasteiger partial charge in [0.05, 0.1) is 17.2 Å². The van der Waals surface area contributed by atoms with E-state index < -0.39 is 5.63 Å². The Morgan fingerprint density at radius 3 is 2.54 bits per heavy atom. The van der Waals surface area contributed by atoms with Crippen LogP contribution in [-0.2, 0) is 11.2 Å². The molecule has 0 spiro atoms. The minimum atomic E-state index is -0.608. The van der Waals surface area contributed by atoms with Gasteiger partial charge in [0, 0.05) is 29.2 Å². The third kappa shape index (κ3) is 1.54. The zero-order valence-electron chi connectivity index (χ0n) is 13.4.